The van der Waals surface area contributed by atoms with Gasteiger partial charge in [-0.05, 0) is 60.5 Å². The molecule has 3 aromatic rings. The first-order chi connectivity index (χ1) is 17.6. The second-order valence-electron chi connectivity index (χ2n) is 9.01. The van der Waals surface area contributed by atoms with Crippen LogP contribution >= 0.6 is 11.3 Å². The van der Waals surface area contributed by atoms with Crippen molar-refractivity contribution < 1.29 is 23.8 Å². The first-order valence-corrected chi connectivity index (χ1v) is 13.0. The average Bonchev–Trinajstić information content (AvgIpc) is 3.65. The van der Waals surface area contributed by atoms with Crippen molar-refractivity contribution in [2.75, 3.05) is 33.9 Å². The number of carbonyl (C=O) groups is 2. The van der Waals surface area contributed by atoms with Crippen LogP contribution in [0.5, 0.6) is 17.2 Å². The molecule has 8 heteroatoms. The van der Waals surface area contributed by atoms with Crippen molar-refractivity contribution in [3.05, 3.63) is 76.0 Å². The minimum absolute atomic E-state index is 0.0384. The molecule has 0 N–H and O–H groups in total. The fourth-order valence-electron chi connectivity index (χ4n) is 4.71. The van der Waals surface area contributed by atoms with E-state index in [0.29, 0.717) is 30.2 Å². The van der Waals surface area contributed by atoms with Crippen molar-refractivity contribution in [3.8, 4) is 17.2 Å². The number of fused-ring (bicyclic) bond motifs is 1. The Bertz CT molecular complexity index is 1240. The minimum Gasteiger partial charge on any atom is -0.497 e. The standard InChI is InChI=1S/C28H30N2O5S/c1-33-20-6-5-7-21(16-20)35-18-24-22-13-15-36-26(22)12-14-29(24)27(31)17-30(19-10-11-19)28(32)23-8-3-4-9-25(23)34-2/h3-9,13,15-16,19,24H,10-12,14,17-18H2,1-2H3/t24-/m1/s1. The van der Waals surface area contributed by atoms with Crippen molar-refractivity contribution in [1.82, 2.24) is 9.80 Å². The van der Waals surface area contributed by atoms with Crippen molar-refractivity contribution in [2.24, 2.45) is 0 Å². The molecule has 36 heavy (non-hydrogen) atoms. The third kappa shape index (κ3) is 5.04. The second kappa shape index (κ2) is 10.6. The van der Waals surface area contributed by atoms with Crippen LogP contribution in [0.1, 0.15) is 39.7 Å². The zero-order valence-electron chi connectivity index (χ0n) is 20.5. The van der Waals surface area contributed by atoms with Crippen LogP contribution in [0.3, 0.4) is 0 Å². The van der Waals surface area contributed by atoms with E-state index in [1.807, 2.05) is 41.3 Å². The molecule has 1 saturated carbocycles. The van der Waals surface area contributed by atoms with Crippen molar-refractivity contribution in [3.63, 3.8) is 0 Å². The second-order valence-corrected chi connectivity index (χ2v) is 10.0. The van der Waals surface area contributed by atoms with Gasteiger partial charge in [0.2, 0.25) is 5.91 Å². The van der Waals surface area contributed by atoms with E-state index in [1.165, 1.54) is 4.88 Å². The van der Waals surface area contributed by atoms with Crippen LogP contribution in [0.15, 0.2) is 60.0 Å². The number of amides is 2. The van der Waals surface area contributed by atoms with Gasteiger partial charge in [0.1, 0.15) is 30.4 Å². The van der Waals surface area contributed by atoms with Gasteiger partial charge in [0, 0.05) is 23.5 Å². The summed E-state index contributed by atoms with van der Waals surface area (Å²) >= 11 is 1.71. The van der Waals surface area contributed by atoms with Crippen LogP contribution in [0.2, 0.25) is 0 Å². The molecule has 188 valence electrons. The Balaban J connectivity index is 1.35. The molecule has 2 heterocycles. The quantitative estimate of drug-likeness (QED) is 0.425. The molecule has 7 nitrogen and oxygen atoms in total. The number of rotatable bonds is 9. The highest BCUT2D eigenvalue weighted by atomic mass is 32.1. The third-order valence-corrected chi connectivity index (χ3v) is 7.75. The Hall–Kier alpha value is -3.52. The Morgan fingerprint density at radius 1 is 1.03 bits per heavy atom. The molecule has 1 aliphatic carbocycles. The maximum absolute atomic E-state index is 13.7. The fraction of sp³-hybridized carbons (Fsp3) is 0.357. The molecule has 0 unspecified atom stereocenters. The number of nitrogens with zero attached hydrogens (tertiary/aromatic N) is 2. The zero-order valence-corrected chi connectivity index (χ0v) is 21.3. The van der Waals surface area contributed by atoms with Gasteiger partial charge in [-0.15, -0.1) is 11.3 Å². The summed E-state index contributed by atoms with van der Waals surface area (Å²) in [4.78, 5) is 32.1. The van der Waals surface area contributed by atoms with Gasteiger partial charge in [0.15, 0.2) is 0 Å². The number of methoxy groups -OCH3 is 2. The summed E-state index contributed by atoms with van der Waals surface area (Å²) < 4.78 is 16.9. The van der Waals surface area contributed by atoms with Gasteiger partial charge in [0.25, 0.3) is 5.91 Å². The van der Waals surface area contributed by atoms with E-state index in [2.05, 4.69) is 11.4 Å². The van der Waals surface area contributed by atoms with E-state index in [4.69, 9.17) is 14.2 Å². The summed E-state index contributed by atoms with van der Waals surface area (Å²) in [6.45, 7) is 0.961. The van der Waals surface area contributed by atoms with Crippen LogP contribution in [0, 0.1) is 0 Å². The number of thiophene rings is 1. The summed E-state index contributed by atoms with van der Waals surface area (Å²) in [7, 11) is 3.17. The Kier molecular flexibility index (Phi) is 7.13. The molecule has 0 saturated heterocycles. The maximum atomic E-state index is 13.7. The maximum Gasteiger partial charge on any atom is 0.258 e. The highest BCUT2D eigenvalue weighted by molar-refractivity contribution is 7.10. The molecule has 0 bridgehead atoms. The van der Waals surface area contributed by atoms with Crippen LogP contribution in [-0.2, 0) is 11.2 Å². The Morgan fingerprint density at radius 3 is 2.61 bits per heavy atom. The number of hydrogen-bond donors (Lipinski definition) is 0. The highest BCUT2D eigenvalue weighted by Gasteiger charge is 2.38. The lowest BCUT2D eigenvalue weighted by molar-refractivity contribution is -0.135. The number of ether oxygens (including phenoxy) is 3. The lowest BCUT2D eigenvalue weighted by Gasteiger charge is -2.37. The summed E-state index contributed by atoms with van der Waals surface area (Å²) in [5, 5.41) is 2.07. The van der Waals surface area contributed by atoms with Crippen LogP contribution in [-0.4, -0.2) is 61.6 Å². The van der Waals surface area contributed by atoms with Crippen molar-refractivity contribution >= 4 is 23.2 Å². The summed E-state index contributed by atoms with van der Waals surface area (Å²) in [5.41, 5.74) is 1.60. The smallest absolute Gasteiger partial charge is 0.258 e. The van der Waals surface area contributed by atoms with Crippen molar-refractivity contribution in [1.29, 1.82) is 0 Å². The molecule has 1 atom stereocenters. The van der Waals surface area contributed by atoms with E-state index in [-0.39, 0.29) is 30.4 Å². The Morgan fingerprint density at radius 2 is 1.83 bits per heavy atom. The normalized spacial score (nSPS) is 16.7. The molecular weight excluding hydrogens is 476 g/mol. The van der Waals surface area contributed by atoms with E-state index in [0.717, 1.165) is 30.6 Å². The van der Waals surface area contributed by atoms with Crippen LogP contribution in [0.4, 0.5) is 0 Å². The molecule has 2 aromatic carbocycles. The summed E-state index contributed by atoms with van der Waals surface area (Å²) in [5.74, 6) is 1.69. The average molecular weight is 507 g/mol. The van der Waals surface area contributed by atoms with Crippen LogP contribution in [0.25, 0.3) is 0 Å². The van der Waals surface area contributed by atoms with E-state index in [9.17, 15) is 9.59 Å². The van der Waals surface area contributed by atoms with Gasteiger partial charge < -0.3 is 24.0 Å². The molecule has 1 aliphatic heterocycles. The molecule has 2 aliphatic rings. The van der Waals surface area contributed by atoms with E-state index < -0.39 is 0 Å². The fourth-order valence-corrected chi connectivity index (χ4v) is 5.63. The molecule has 2 amide bonds. The molecule has 0 spiro atoms. The van der Waals surface area contributed by atoms with Gasteiger partial charge in [-0.2, -0.15) is 0 Å². The Labute approximate surface area is 215 Å². The van der Waals surface area contributed by atoms with Gasteiger partial charge in [-0.3, -0.25) is 9.59 Å². The van der Waals surface area contributed by atoms with E-state index >= 15 is 0 Å². The van der Waals surface area contributed by atoms with Gasteiger partial charge in [-0.1, -0.05) is 18.2 Å². The molecular formula is C28H30N2O5S. The van der Waals surface area contributed by atoms with Crippen molar-refractivity contribution in [2.45, 2.75) is 31.3 Å². The predicted octanol–water partition coefficient (Wildman–Crippen LogP) is 4.57. The first-order valence-electron chi connectivity index (χ1n) is 12.2. The molecule has 1 aromatic heterocycles. The SMILES string of the molecule is COc1cccc(OC[C@@H]2c3ccsc3CCN2C(=O)CN(C(=O)c2ccccc2OC)C2CC2)c1. The highest BCUT2D eigenvalue weighted by Crippen LogP contribution is 2.35. The van der Waals surface area contributed by atoms with Gasteiger partial charge in [-0.25, -0.2) is 0 Å². The number of benzene rings is 2. The first kappa shape index (κ1) is 24.2. The predicted molar refractivity (Wildman–Crippen MR) is 138 cm³/mol. The van der Waals surface area contributed by atoms with Gasteiger partial charge >= 0.3 is 0 Å². The zero-order chi connectivity index (χ0) is 25.1. The van der Waals surface area contributed by atoms with E-state index in [1.54, 1.807) is 42.6 Å². The lowest BCUT2D eigenvalue weighted by atomic mass is 10.0. The number of carbonyl (C=O) groups excluding carboxylic acids is 2. The summed E-state index contributed by atoms with van der Waals surface area (Å²) in [6.07, 6.45) is 2.62. The largest absolute Gasteiger partial charge is 0.497 e. The minimum atomic E-state index is -0.221. The monoisotopic (exact) mass is 506 g/mol. The molecule has 0 radical (unpaired) electrons. The molecule has 5 rings (SSSR count). The topological polar surface area (TPSA) is 68.3 Å². The lowest BCUT2D eigenvalue weighted by Crippen LogP contribution is -2.48. The third-order valence-electron chi connectivity index (χ3n) is 6.76. The number of para-hydroxylation sites is 1. The molecule has 1 fully saturated rings. The number of hydrogen-bond acceptors (Lipinski definition) is 6. The summed E-state index contributed by atoms with van der Waals surface area (Å²) in [6, 6.07) is 16.6. The van der Waals surface area contributed by atoms with Gasteiger partial charge in [0.05, 0.1) is 25.8 Å². The van der Waals surface area contributed by atoms with Crippen LogP contribution < -0.4 is 14.2 Å².